The smallest absolute Gasteiger partial charge is 0.256 e. The van der Waals surface area contributed by atoms with Crippen molar-refractivity contribution in [2.24, 2.45) is 11.8 Å². The number of benzene rings is 2. The maximum atomic E-state index is 12.8. The zero-order valence-electron chi connectivity index (χ0n) is 19.7. The van der Waals surface area contributed by atoms with Crippen LogP contribution in [0.4, 0.5) is 5.69 Å². The Labute approximate surface area is 206 Å². The summed E-state index contributed by atoms with van der Waals surface area (Å²) in [6.45, 7) is 3.38. The average Bonchev–Trinajstić information content (AvgIpc) is 2.88. The number of likely N-dealkylation sites (tertiary alicyclic amines) is 1. The maximum absolute atomic E-state index is 12.8. The molecule has 0 aliphatic carbocycles. The molecule has 2 aliphatic rings. The molecule has 1 N–H and O–H groups in total. The van der Waals surface area contributed by atoms with Crippen molar-refractivity contribution in [1.82, 2.24) is 4.90 Å². The number of hydrogen-bond donors (Lipinski definition) is 1. The summed E-state index contributed by atoms with van der Waals surface area (Å²) < 4.78 is 5.21. The first-order valence-corrected chi connectivity index (χ1v) is 12.5. The van der Waals surface area contributed by atoms with Crippen molar-refractivity contribution >= 4 is 29.5 Å². The van der Waals surface area contributed by atoms with E-state index in [0.717, 1.165) is 50.7 Å². The maximum Gasteiger partial charge on any atom is 0.256 e. The van der Waals surface area contributed by atoms with E-state index in [-0.39, 0.29) is 5.91 Å². The lowest BCUT2D eigenvalue weighted by atomic mass is 9.82. The quantitative estimate of drug-likeness (QED) is 0.575. The number of aliphatic hydroxyl groups excluding tert-OH is 1. The van der Waals surface area contributed by atoms with Gasteiger partial charge in [-0.15, -0.1) is 0 Å². The lowest BCUT2D eigenvalue weighted by Crippen LogP contribution is -2.42. The number of piperidine rings is 2. The van der Waals surface area contributed by atoms with Gasteiger partial charge in [0.15, 0.2) is 12.4 Å². The number of aldehydes is 1. The van der Waals surface area contributed by atoms with E-state index in [4.69, 9.17) is 16.3 Å². The molecule has 0 saturated carbocycles. The van der Waals surface area contributed by atoms with Gasteiger partial charge in [-0.1, -0.05) is 23.7 Å². The minimum absolute atomic E-state index is 0.223. The highest BCUT2D eigenvalue weighted by Crippen LogP contribution is 2.33. The zero-order chi connectivity index (χ0) is 24.1. The van der Waals surface area contributed by atoms with Crippen LogP contribution in [0, 0.1) is 11.8 Å². The van der Waals surface area contributed by atoms with Crippen LogP contribution in [0.2, 0.25) is 5.02 Å². The van der Waals surface area contributed by atoms with Gasteiger partial charge in [0.25, 0.3) is 5.91 Å². The Kier molecular flexibility index (Phi) is 8.11. The molecule has 0 spiro atoms. The fourth-order valence-corrected chi connectivity index (χ4v) is 5.44. The molecule has 1 atom stereocenters. The molecule has 2 saturated heterocycles. The van der Waals surface area contributed by atoms with Crippen molar-refractivity contribution in [2.45, 2.75) is 38.2 Å². The Morgan fingerprint density at radius 2 is 1.76 bits per heavy atom. The fraction of sp³-hybridized carbons (Fsp3) is 0.481. The monoisotopic (exact) mass is 484 g/mol. The number of methoxy groups -OCH3 is 1. The highest BCUT2D eigenvalue weighted by molar-refractivity contribution is 6.33. The van der Waals surface area contributed by atoms with E-state index in [2.05, 4.69) is 4.90 Å². The third-order valence-corrected chi connectivity index (χ3v) is 7.65. The first-order valence-electron chi connectivity index (χ1n) is 12.1. The van der Waals surface area contributed by atoms with Crippen LogP contribution < -0.4 is 9.64 Å². The number of hydrogen-bond acceptors (Lipinski definition) is 5. The lowest BCUT2D eigenvalue weighted by molar-refractivity contribution is -0.142. The molecule has 182 valence electrons. The number of anilines is 1. The van der Waals surface area contributed by atoms with Gasteiger partial charge in [-0.25, -0.2) is 0 Å². The number of carbonyl (C=O) groups is 2. The summed E-state index contributed by atoms with van der Waals surface area (Å²) in [6, 6.07) is 12.7. The van der Waals surface area contributed by atoms with Crippen LogP contribution in [0.3, 0.4) is 0 Å². The van der Waals surface area contributed by atoms with E-state index in [1.54, 1.807) is 42.3 Å². The second-order valence-electron chi connectivity index (χ2n) is 9.44. The van der Waals surface area contributed by atoms with Gasteiger partial charge < -0.3 is 19.6 Å². The average molecular weight is 485 g/mol. The SMILES string of the molecule is COc1cccc(C(O)C(=O)N2CCC(CC3CCN(c4ccc(C=O)c(Cl)c4)CC3)CC2)c1. The zero-order valence-corrected chi connectivity index (χ0v) is 20.4. The molecule has 0 radical (unpaired) electrons. The lowest BCUT2D eigenvalue weighted by Gasteiger charge is -2.38. The summed E-state index contributed by atoms with van der Waals surface area (Å²) in [5, 5.41) is 11.1. The Morgan fingerprint density at radius 1 is 1.09 bits per heavy atom. The van der Waals surface area contributed by atoms with Crippen molar-refractivity contribution < 1.29 is 19.4 Å². The highest BCUT2D eigenvalue weighted by atomic mass is 35.5. The Morgan fingerprint density at radius 3 is 2.38 bits per heavy atom. The normalized spacial score (nSPS) is 18.6. The third kappa shape index (κ3) is 5.73. The number of amides is 1. The van der Waals surface area contributed by atoms with Crippen LogP contribution in [-0.4, -0.2) is 55.5 Å². The van der Waals surface area contributed by atoms with Crippen molar-refractivity contribution in [3.8, 4) is 5.75 Å². The van der Waals surface area contributed by atoms with Crippen LogP contribution in [0.5, 0.6) is 5.75 Å². The van der Waals surface area contributed by atoms with Crippen molar-refractivity contribution in [2.75, 3.05) is 38.2 Å². The van der Waals surface area contributed by atoms with Gasteiger partial charge in [0, 0.05) is 37.4 Å². The summed E-state index contributed by atoms with van der Waals surface area (Å²) in [7, 11) is 1.57. The molecule has 2 aliphatic heterocycles. The molecule has 1 unspecified atom stereocenters. The van der Waals surface area contributed by atoms with Crippen molar-refractivity contribution in [1.29, 1.82) is 0 Å². The highest BCUT2D eigenvalue weighted by Gasteiger charge is 2.30. The number of ether oxygens (including phenoxy) is 1. The summed E-state index contributed by atoms with van der Waals surface area (Å²) in [4.78, 5) is 28.0. The first kappa shape index (κ1) is 24.6. The summed E-state index contributed by atoms with van der Waals surface area (Å²) >= 11 is 6.20. The number of aliphatic hydroxyl groups is 1. The van der Waals surface area contributed by atoms with Gasteiger partial charge in [0.2, 0.25) is 0 Å². The number of nitrogens with zero attached hydrogens (tertiary/aromatic N) is 2. The number of halogens is 1. The van der Waals surface area contributed by atoms with E-state index in [1.165, 1.54) is 6.42 Å². The molecular weight excluding hydrogens is 452 g/mol. The van der Waals surface area contributed by atoms with Gasteiger partial charge in [0.05, 0.1) is 12.1 Å². The topological polar surface area (TPSA) is 70.1 Å². The minimum Gasteiger partial charge on any atom is -0.497 e. The Hall–Kier alpha value is -2.57. The number of carbonyl (C=O) groups excluding carboxylic acids is 2. The van der Waals surface area contributed by atoms with Crippen molar-refractivity contribution in [3.05, 3.63) is 58.6 Å². The van der Waals surface area contributed by atoms with Crippen LogP contribution in [-0.2, 0) is 4.79 Å². The number of rotatable bonds is 7. The summed E-state index contributed by atoms with van der Waals surface area (Å²) in [6.07, 6.45) is 5.08. The van der Waals surface area contributed by atoms with Crippen LogP contribution in [0.15, 0.2) is 42.5 Å². The first-order chi connectivity index (χ1) is 16.5. The molecule has 0 bridgehead atoms. The second kappa shape index (κ2) is 11.2. The molecule has 34 heavy (non-hydrogen) atoms. The fourth-order valence-electron chi connectivity index (χ4n) is 5.22. The van der Waals surface area contributed by atoms with Crippen LogP contribution in [0.25, 0.3) is 0 Å². The predicted octanol–water partition coefficient (Wildman–Crippen LogP) is 4.74. The van der Waals surface area contributed by atoms with E-state index in [0.29, 0.717) is 46.8 Å². The van der Waals surface area contributed by atoms with E-state index in [9.17, 15) is 14.7 Å². The minimum atomic E-state index is -1.15. The summed E-state index contributed by atoms with van der Waals surface area (Å²) in [5.74, 6) is 1.72. The van der Waals surface area contributed by atoms with Gasteiger partial charge in [-0.05, 0) is 79.8 Å². The molecule has 0 aromatic heterocycles. The van der Waals surface area contributed by atoms with E-state index in [1.807, 2.05) is 12.1 Å². The molecule has 7 heteroatoms. The molecule has 2 aromatic carbocycles. The van der Waals surface area contributed by atoms with Gasteiger partial charge in [0.1, 0.15) is 5.75 Å². The molecule has 2 heterocycles. The van der Waals surface area contributed by atoms with Crippen LogP contribution >= 0.6 is 11.6 Å². The van der Waals surface area contributed by atoms with Crippen LogP contribution in [0.1, 0.15) is 54.1 Å². The predicted molar refractivity (Wildman–Crippen MR) is 134 cm³/mol. The summed E-state index contributed by atoms with van der Waals surface area (Å²) in [5.41, 5.74) is 2.18. The van der Waals surface area contributed by atoms with E-state index >= 15 is 0 Å². The molecule has 4 rings (SSSR count). The van der Waals surface area contributed by atoms with Crippen molar-refractivity contribution in [3.63, 3.8) is 0 Å². The Balaban J connectivity index is 1.23. The molecule has 1 amide bonds. The standard InChI is InChI=1S/C27H33ClN2O4/c1-34-24-4-2-3-21(16-24)26(32)27(33)30-13-9-20(10-14-30)15-19-7-11-29(12-8-19)23-6-5-22(18-31)25(28)17-23/h2-6,16-20,26,32H,7-15H2,1H3. The van der Waals surface area contributed by atoms with Gasteiger partial charge in [-0.3, -0.25) is 9.59 Å². The van der Waals surface area contributed by atoms with E-state index < -0.39 is 6.10 Å². The largest absolute Gasteiger partial charge is 0.497 e. The Bertz CT molecular complexity index is 998. The van der Waals surface area contributed by atoms with Gasteiger partial charge in [-0.2, -0.15) is 0 Å². The second-order valence-corrected chi connectivity index (χ2v) is 9.84. The molecule has 2 fully saturated rings. The molecular formula is C27H33ClN2O4. The van der Waals surface area contributed by atoms with Gasteiger partial charge >= 0.3 is 0 Å². The molecule has 6 nitrogen and oxygen atoms in total. The molecule has 2 aromatic rings. The third-order valence-electron chi connectivity index (χ3n) is 7.33.